The summed E-state index contributed by atoms with van der Waals surface area (Å²) < 4.78 is 13.1. The van der Waals surface area contributed by atoms with Gasteiger partial charge < -0.3 is 5.11 Å². The first kappa shape index (κ1) is 14.0. The summed E-state index contributed by atoms with van der Waals surface area (Å²) in [5, 5.41) is 11.4. The van der Waals surface area contributed by atoms with Crippen molar-refractivity contribution in [2.75, 3.05) is 0 Å². The van der Waals surface area contributed by atoms with Crippen LogP contribution in [0.3, 0.4) is 0 Å². The highest BCUT2D eigenvalue weighted by molar-refractivity contribution is 6.30. The van der Waals surface area contributed by atoms with E-state index < -0.39 is 11.9 Å². The van der Waals surface area contributed by atoms with Gasteiger partial charge in [0.25, 0.3) is 0 Å². The number of hydrogen-bond acceptors (Lipinski definition) is 2. The smallest absolute Gasteiger partial charge is 0.141 e. The normalized spacial score (nSPS) is 12.5. The molecule has 4 heteroatoms. The predicted molar refractivity (Wildman–Crippen MR) is 81.8 cm³/mol. The molecule has 2 nitrogen and oxygen atoms in total. The standard InChI is InChI=1S/C17H13ClFNO/c18-13-9-11(5-7-14(13)19)10-17(21)16-8-6-12-3-1-2-4-15(12)20-16/h1-9,17,21H,10H2. The van der Waals surface area contributed by atoms with Crippen LogP contribution < -0.4 is 0 Å². The van der Waals surface area contributed by atoms with Crippen LogP contribution in [0.25, 0.3) is 10.9 Å². The first-order chi connectivity index (χ1) is 10.1. The average Bonchev–Trinajstić information content (AvgIpc) is 2.50. The molecule has 0 radical (unpaired) electrons. The maximum Gasteiger partial charge on any atom is 0.141 e. The number of para-hydroxylation sites is 1. The van der Waals surface area contributed by atoms with E-state index in [-0.39, 0.29) is 5.02 Å². The van der Waals surface area contributed by atoms with Gasteiger partial charge >= 0.3 is 0 Å². The molecule has 0 saturated heterocycles. The van der Waals surface area contributed by atoms with Gasteiger partial charge in [-0.05, 0) is 29.8 Å². The van der Waals surface area contributed by atoms with E-state index in [2.05, 4.69) is 4.98 Å². The zero-order valence-corrected chi connectivity index (χ0v) is 11.9. The summed E-state index contributed by atoms with van der Waals surface area (Å²) in [5.74, 6) is -0.460. The van der Waals surface area contributed by atoms with Crippen LogP contribution in [0.5, 0.6) is 0 Å². The minimum absolute atomic E-state index is 0.0613. The van der Waals surface area contributed by atoms with Crippen LogP contribution in [0.15, 0.2) is 54.6 Å². The fourth-order valence-electron chi connectivity index (χ4n) is 2.26. The van der Waals surface area contributed by atoms with E-state index in [9.17, 15) is 9.50 Å². The van der Waals surface area contributed by atoms with Crippen LogP contribution in [0.2, 0.25) is 5.02 Å². The molecule has 1 unspecified atom stereocenters. The number of halogens is 2. The van der Waals surface area contributed by atoms with Gasteiger partial charge in [0, 0.05) is 11.8 Å². The van der Waals surface area contributed by atoms with Gasteiger partial charge in [-0.25, -0.2) is 4.39 Å². The first-order valence-electron chi connectivity index (χ1n) is 6.61. The number of hydrogen-bond donors (Lipinski definition) is 1. The highest BCUT2D eigenvalue weighted by atomic mass is 35.5. The number of aliphatic hydroxyl groups is 1. The number of aliphatic hydroxyl groups excluding tert-OH is 1. The van der Waals surface area contributed by atoms with Crippen molar-refractivity contribution < 1.29 is 9.50 Å². The van der Waals surface area contributed by atoms with Crippen molar-refractivity contribution in [1.82, 2.24) is 4.98 Å². The molecule has 0 saturated carbocycles. The summed E-state index contributed by atoms with van der Waals surface area (Å²) in [6.45, 7) is 0. The lowest BCUT2D eigenvalue weighted by Crippen LogP contribution is -2.04. The Balaban J connectivity index is 1.85. The Bertz CT molecular complexity index is 791. The lowest BCUT2D eigenvalue weighted by Gasteiger charge is -2.11. The molecule has 106 valence electrons. The molecule has 1 heterocycles. The van der Waals surface area contributed by atoms with Gasteiger partial charge in [0.2, 0.25) is 0 Å². The molecule has 0 aliphatic rings. The maximum atomic E-state index is 13.1. The van der Waals surface area contributed by atoms with Crippen molar-refractivity contribution in [3.63, 3.8) is 0 Å². The Hall–Kier alpha value is -1.97. The molecular weight excluding hydrogens is 289 g/mol. The lowest BCUT2D eigenvalue weighted by molar-refractivity contribution is 0.174. The lowest BCUT2D eigenvalue weighted by atomic mass is 10.0. The quantitative estimate of drug-likeness (QED) is 0.782. The zero-order valence-electron chi connectivity index (χ0n) is 11.1. The fraction of sp³-hybridized carbons (Fsp3) is 0.118. The molecule has 1 N–H and O–H groups in total. The van der Waals surface area contributed by atoms with Crippen LogP contribution in [-0.2, 0) is 6.42 Å². The van der Waals surface area contributed by atoms with Gasteiger partial charge in [-0.3, -0.25) is 4.98 Å². The van der Waals surface area contributed by atoms with Crippen molar-refractivity contribution in [3.05, 3.63) is 76.7 Å². The largest absolute Gasteiger partial charge is 0.386 e. The van der Waals surface area contributed by atoms with Crippen molar-refractivity contribution in [3.8, 4) is 0 Å². The number of nitrogens with zero attached hydrogens (tertiary/aromatic N) is 1. The second-order valence-corrected chi connectivity index (χ2v) is 5.30. The molecule has 0 aliphatic heterocycles. The van der Waals surface area contributed by atoms with E-state index in [4.69, 9.17) is 11.6 Å². The third-order valence-corrected chi connectivity index (χ3v) is 3.66. The SMILES string of the molecule is OC(Cc1ccc(F)c(Cl)c1)c1ccc2ccccc2n1. The van der Waals surface area contributed by atoms with Gasteiger partial charge in [0.15, 0.2) is 0 Å². The van der Waals surface area contributed by atoms with E-state index >= 15 is 0 Å². The Morgan fingerprint density at radius 2 is 1.90 bits per heavy atom. The molecule has 0 bridgehead atoms. The van der Waals surface area contributed by atoms with Crippen LogP contribution in [0.4, 0.5) is 4.39 Å². The van der Waals surface area contributed by atoms with Crippen LogP contribution in [0.1, 0.15) is 17.4 Å². The Labute approximate surface area is 126 Å². The molecular formula is C17H13ClFNO. The Kier molecular flexibility index (Phi) is 3.86. The van der Waals surface area contributed by atoms with Gasteiger partial charge in [-0.2, -0.15) is 0 Å². The number of rotatable bonds is 3. The third kappa shape index (κ3) is 3.04. The van der Waals surface area contributed by atoms with E-state index in [1.54, 1.807) is 12.1 Å². The van der Waals surface area contributed by atoms with Crippen LogP contribution in [0, 0.1) is 5.82 Å². The Morgan fingerprint density at radius 1 is 1.10 bits per heavy atom. The van der Waals surface area contributed by atoms with E-state index in [1.807, 2.05) is 30.3 Å². The van der Waals surface area contributed by atoms with Gasteiger partial charge in [-0.15, -0.1) is 0 Å². The molecule has 0 spiro atoms. The summed E-state index contributed by atoms with van der Waals surface area (Å²) >= 11 is 5.75. The van der Waals surface area contributed by atoms with E-state index in [0.717, 1.165) is 16.5 Å². The monoisotopic (exact) mass is 301 g/mol. The van der Waals surface area contributed by atoms with E-state index in [1.165, 1.54) is 12.1 Å². The minimum Gasteiger partial charge on any atom is -0.386 e. The topological polar surface area (TPSA) is 33.1 Å². The van der Waals surface area contributed by atoms with Crippen molar-refractivity contribution >= 4 is 22.5 Å². The van der Waals surface area contributed by atoms with Gasteiger partial charge in [0.05, 0.1) is 22.3 Å². The van der Waals surface area contributed by atoms with Crippen molar-refractivity contribution in [2.24, 2.45) is 0 Å². The van der Waals surface area contributed by atoms with Crippen molar-refractivity contribution in [2.45, 2.75) is 12.5 Å². The molecule has 1 atom stereocenters. The summed E-state index contributed by atoms with van der Waals surface area (Å²) in [5.41, 5.74) is 2.20. The number of fused-ring (bicyclic) bond motifs is 1. The zero-order chi connectivity index (χ0) is 14.8. The molecule has 0 fully saturated rings. The number of pyridine rings is 1. The van der Waals surface area contributed by atoms with Crippen LogP contribution >= 0.6 is 11.6 Å². The van der Waals surface area contributed by atoms with Crippen LogP contribution in [-0.4, -0.2) is 10.1 Å². The predicted octanol–water partition coefficient (Wildman–Crippen LogP) is 4.30. The van der Waals surface area contributed by atoms with Gasteiger partial charge in [-0.1, -0.05) is 41.9 Å². The molecule has 0 aliphatic carbocycles. The van der Waals surface area contributed by atoms with Gasteiger partial charge in [0.1, 0.15) is 5.82 Å². The number of aromatic nitrogens is 1. The Morgan fingerprint density at radius 3 is 2.71 bits per heavy atom. The molecule has 2 aromatic carbocycles. The minimum atomic E-state index is -0.754. The molecule has 0 amide bonds. The summed E-state index contributed by atoms with van der Waals surface area (Å²) in [6.07, 6.45) is -0.415. The molecule has 1 aromatic heterocycles. The average molecular weight is 302 g/mol. The highest BCUT2D eigenvalue weighted by Crippen LogP contribution is 2.22. The third-order valence-electron chi connectivity index (χ3n) is 3.37. The second kappa shape index (κ2) is 5.80. The maximum absolute atomic E-state index is 13.1. The summed E-state index contributed by atoms with van der Waals surface area (Å²) in [7, 11) is 0. The van der Waals surface area contributed by atoms with Crippen molar-refractivity contribution in [1.29, 1.82) is 0 Å². The van der Waals surface area contributed by atoms with E-state index in [0.29, 0.717) is 12.1 Å². The fourth-order valence-corrected chi connectivity index (χ4v) is 2.46. The molecule has 21 heavy (non-hydrogen) atoms. The molecule has 3 aromatic rings. The summed E-state index contributed by atoms with van der Waals surface area (Å²) in [4.78, 5) is 4.45. The molecule has 3 rings (SSSR count). The number of benzene rings is 2. The highest BCUT2D eigenvalue weighted by Gasteiger charge is 2.12. The second-order valence-electron chi connectivity index (χ2n) is 4.90. The first-order valence-corrected chi connectivity index (χ1v) is 6.99. The summed E-state index contributed by atoms with van der Waals surface area (Å²) in [6, 6.07) is 15.9.